The molecule has 0 aromatic heterocycles. The van der Waals surface area contributed by atoms with Gasteiger partial charge < -0.3 is 14.6 Å². The second-order valence-electron chi connectivity index (χ2n) is 8.98. The zero-order valence-electron chi connectivity index (χ0n) is 19.8. The molecule has 0 fully saturated rings. The average molecular weight is 478 g/mol. The van der Waals surface area contributed by atoms with Gasteiger partial charge in [0.05, 0.1) is 5.75 Å². The minimum atomic E-state index is -3.26. The molecule has 2 rings (SSSR count). The van der Waals surface area contributed by atoms with Gasteiger partial charge in [0.15, 0.2) is 6.10 Å². The second-order valence-corrected chi connectivity index (χ2v) is 10.9. The van der Waals surface area contributed by atoms with Crippen LogP contribution in [-0.4, -0.2) is 44.5 Å². The van der Waals surface area contributed by atoms with E-state index in [2.05, 4.69) is 25.5 Å². The lowest BCUT2D eigenvalue weighted by Crippen LogP contribution is -2.30. The first kappa shape index (κ1) is 26.7. The van der Waals surface area contributed by atoms with Crippen molar-refractivity contribution in [2.45, 2.75) is 58.5 Å². The molecular formula is C25H35NO6S. The summed E-state index contributed by atoms with van der Waals surface area (Å²) >= 11 is 0. The number of hydrogen-bond donors (Lipinski definition) is 2. The summed E-state index contributed by atoms with van der Waals surface area (Å²) in [5.41, 5.74) is 1.95. The van der Waals surface area contributed by atoms with E-state index in [1.165, 1.54) is 0 Å². The van der Waals surface area contributed by atoms with Crippen molar-refractivity contribution in [1.29, 1.82) is 0 Å². The first-order valence-electron chi connectivity index (χ1n) is 11.2. The summed E-state index contributed by atoms with van der Waals surface area (Å²) in [5.74, 6) is 0.172. The van der Waals surface area contributed by atoms with Gasteiger partial charge in [-0.25, -0.2) is 17.9 Å². The first-order chi connectivity index (χ1) is 15.5. The lowest BCUT2D eigenvalue weighted by molar-refractivity contribution is -0.145. The highest BCUT2D eigenvalue weighted by Crippen LogP contribution is 2.25. The maximum atomic E-state index is 11.8. The van der Waals surface area contributed by atoms with Gasteiger partial charge in [-0.05, 0) is 47.2 Å². The molecule has 0 aliphatic carbocycles. The molecule has 8 heteroatoms. The van der Waals surface area contributed by atoms with E-state index in [4.69, 9.17) is 9.47 Å². The van der Waals surface area contributed by atoms with Crippen LogP contribution in [0.5, 0.6) is 11.5 Å². The zero-order valence-corrected chi connectivity index (χ0v) is 20.7. The van der Waals surface area contributed by atoms with Gasteiger partial charge in [0.2, 0.25) is 10.0 Å². The van der Waals surface area contributed by atoms with Crippen molar-refractivity contribution < 1.29 is 27.8 Å². The third kappa shape index (κ3) is 9.43. The van der Waals surface area contributed by atoms with Gasteiger partial charge in [-0.15, -0.1) is 0 Å². The van der Waals surface area contributed by atoms with Gasteiger partial charge in [0, 0.05) is 13.0 Å². The van der Waals surface area contributed by atoms with Gasteiger partial charge in [0.25, 0.3) is 0 Å². The summed E-state index contributed by atoms with van der Waals surface area (Å²) < 4.78 is 37.3. The highest BCUT2D eigenvalue weighted by atomic mass is 32.2. The monoisotopic (exact) mass is 477 g/mol. The number of benzene rings is 2. The van der Waals surface area contributed by atoms with E-state index in [0.717, 1.165) is 17.5 Å². The van der Waals surface area contributed by atoms with Crippen LogP contribution in [0.15, 0.2) is 48.5 Å². The molecule has 7 nitrogen and oxygen atoms in total. The molecule has 0 amide bonds. The number of carbonyl (C=O) groups is 1. The Morgan fingerprint density at radius 2 is 1.64 bits per heavy atom. The zero-order chi connectivity index (χ0) is 24.5. The predicted octanol–water partition coefficient (Wildman–Crippen LogP) is 4.16. The van der Waals surface area contributed by atoms with Crippen molar-refractivity contribution in [2.24, 2.45) is 0 Å². The standard InChI is InChI=1S/C25H35NO6S/c1-5-6-17-33(29,30)26-15-16-31-21-11-7-19(8-12-21)18-23(24(27)28)32-22-13-9-20(10-14-22)25(2,3)4/h7-14,23,26H,5-6,15-18H2,1-4H3,(H,27,28). The second kappa shape index (κ2) is 12.0. The van der Waals surface area contributed by atoms with E-state index in [9.17, 15) is 18.3 Å². The number of ether oxygens (including phenoxy) is 2. The minimum Gasteiger partial charge on any atom is -0.492 e. The molecule has 0 radical (unpaired) electrons. The number of nitrogens with one attached hydrogen (secondary N) is 1. The number of carboxylic acid groups (broad SMARTS) is 1. The summed E-state index contributed by atoms with van der Waals surface area (Å²) in [4.78, 5) is 11.7. The average Bonchev–Trinajstić information content (AvgIpc) is 2.75. The van der Waals surface area contributed by atoms with Gasteiger partial charge >= 0.3 is 5.97 Å². The predicted molar refractivity (Wildman–Crippen MR) is 130 cm³/mol. The minimum absolute atomic E-state index is 0.00786. The van der Waals surface area contributed by atoms with Crippen molar-refractivity contribution in [2.75, 3.05) is 18.9 Å². The van der Waals surface area contributed by atoms with Gasteiger partial charge in [-0.1, -0.05) is 58.4 Å². The Morgan fingerprint density at radius 3 is 2.18 bits per heavy atom. The fourth-order valence-corrected chi connectivity index (χ4v) is 4.29. The van der Waals surface area contributed by atoms with E-state index < -0.39 is 22.1 Å². The fourth-order valence-electron chi connectivity index (χ4n) is 3.09. The van der Waals surface area contributed by atoms with Crippen LogP contribution >= 0.6 is 0 Å². The third-order valence-electron chi connectivity index (χ3n) is 5.08. The van der Waals surface area contributed by atoms with Crippen molar-refractivity contribution in [3.63, 3.8) is 0 Å². The molecule has 0 spiro atoms. The normalized spacial score (nSPS) is 12.8. The molecule has 2 aromatic rings. The summed E-state index contributed by atoms with van der Waals surface area (Å²) in [6.07, 6.45) is 0.630. The quantitative estimate of drug-likeness (QED) is 0.420. The molecule has 1 atom stereocenters. The van der Waals surface area contributed by atoms with Crippen LogP contribution < -0.4 is 14.2 Å². The van der Waals surface area contributed by atoms with Crippen molar-refractivity contribution in [1.82, 2.24) is 4.72 Å². The molecule has 0 saturated carbocycles. The molecule has 0 heterocycles. The largest absolute Gasteiger partial charge is 0.492 e. The Labute approximate surface area is 197 Å². The number of hydrogen-bond acceptors (Lipinski definition) is 5. The van der Waals surface area contributed by atoms with Crippen molar-refractivity contribution >= 4 is 16.0 Å². The Bertz CT molecular complexity index is 979. The molecular weight excluding hydrogens is 442 g/mol. The summed E-state index contributed by atoms with van der Waals surface area (Å²) in [6.45, 7) is 8.68. The molecule has 182 valence electrons. The van der Waals surface area contributed by atoms with Crippen LogP contribution in [0, 0.1) is 0 Å². The Morgan fingerprint density at radius 1 is 1.03 bits per heavy atom. The van der Waals surface area contributed by atoms with E-state index in [1.807, 2.05) is 19.1 Å². The first-order valence-corrected chi connectivity index (χ1v) is 12.8. The molecule has 33 heavy (non-hydrogen) atoms. The van der Waals surface area contributed by atoms with Crippen LogP contribution in [0.4, 0.5) is 0 Å². The number of aliphatic carboxylic acids is 1. The van der Waals surface area contributed by atoms with Crippen LogP contribution in [0.2, 0.25) is 0 Å². The molecule has 0 saturated heterocycles. The molecule has 0 aliphatic heterocycles. The number of carboxylic acids is 1. The lowest BCUT2D eigenvalue weighted by atomic mass is 9.87. The Kier molecular flexibility index (Phi) is 9.73. The molecule has 0 bridgehead atoms. The number of sulfonamides is 1. The highest BCUT2D eigenvalue weighted by molar-refractivity contribution is 7.89. The topological polar surface area (TPSA) is 102 Å². The van der Waals surface area contributed by atoms with Crippen LogP contribution in [-0.2, 0) is 26.7 Å². The third-order valence-corrected chi connectivity index (χ3v) is 6.55. The maximum Gasteiger partial charge on any atom is 0.345 e. The van der Waals surface area contributed by atoms with Crippen LogP contribution in [0.1, 0.15) is 51.7 Å². The lowest BCUT2D eigenvalue weighted by Gasteiger charge is -2.20. The summed E-state index contributed by atoms with van der Waals surface area (Å²) in [5, 5.41) is 9.59. The summed E-state index contributed by atoms with van der Waals surface area (Å²) in [6, 6.07) is 14.5. The van der Waals surface area contributed by atoms with Crippen LogP contribution in [0.3, 0.4) is 0 Å². The van der Waals surface area contributed by atoms with Gasteiger partial charge in [-0.2, -0.15) is 0 Å². The van der Waals surface area contributed by atoms with Gasteiger partial charge in [-0.3, -0.25) is 0 Å². The number of unbranched alkanes of at least 4 members (excludes halogenated alkanes) is 1. The SMILES string of the molecule is CCCCS(=O)(=O)NCCOc1ccc(CC(Oc2ccc(C(C)(C)C)cc2)C(=O)O)cc1. The fraction of sp³-hybridized carbons (Fsp3) is 0.480. The maximum absolute atomic E-state index is 11.8. The Hall–Kier alpha value is -2.58. The molecule has 1 unspecified atom stereocenters. The van der Waals surface area contributed by atoms with Crippen molar-refractivity contribution in [3.05, 3.63) is 59.7 Å². The van der Waals surface area contributed by atoms with Gasteiger partial charge in [0.1, 0.15) is 18.1 Å². The number of rotatable bonds is 13. The summed E-state index contributed by atoms with van der Waals surface area (Å²) in [7, 11) is -3.26. The smallest absolute Gasteiger partial charge is 0.345 e. The van der Waals surface area contributed by atoms with E-state index in [-0.39, 0.29) is 30.7 Å². The molecule has 2 aromatic carbocycles. The van der Waals surface area contributed by atoms with E-state index in [0.29, 0.717) is 17.9 Å². The Balaban J connectivity index is 1.87. The highest BCUT2D eigenvalue weighted by Gasteiger charge is 2.21. The molecule has 0 aliphatic rings. The van der Waals surface area contributed by atoms with Crippen LogP contribution in [0.25, 0.3) is 0 Å². The van der Waals surface area contributed by atoms with E-state index in [1.54, 1.807) is 36.4 Å². The van der Waals surface area contributed by atoms with E-state index >= 15 is 0 Å². The van der Waals surface area contributed by atoms with Crippen molar-refractivity contribution in [3.8, 4) is 11.5 Å². The molecule has 2 N–H and O–H groups in total.